The molecular weight excluding hydrogens is 312 g/mol. The second-order valence-corrected chi connectivity index (χ2v) is 5.74. The molecule has 0 aliphatic heterocycles. The van der Waals surface area contributed by atoms with E-state index in [-0.39, 0.29) is 0 Å². The van der Waals surface area contributed by atoms with Gasteiger partial charge in [0.25, 0.3) is 0 Å². The minimum Gasteiger partial charge on any atom is -0.314 e. The van der Waals surface area contributed by atoms with Crippen LogP contribution < -0.4 is 5.32 Å². The molecule has 4 nitrogen and oxygen atoms in total. The van der Waals surface area contributed by atoms with Crippen molar-refractivity contribution >= 4 is 32.9 Å². The number of nitrogens with one attached hydrogen (secondary N) is 1. The van der Waals surface area contributed by atoms with Gasteiger partial charge in [-0.1, -0.05) is 0 Å². The average molecular weight is 323 g/mol. The number of hydrogen-bond donors (Lipinski definition) is 1. The van der Waals surface area contributed by atoms with E-state index < -0.39 is 0 Å². The monoisotopic (exact) mass is 322 g/mol. The van der Waals surface area contributed by atoms with Crippen molar-refractivity contribution in [3.63, 3.8) is 0 Å². The molecule has 0 amide bonds. The van der Waals surface area contributed by atoms with Gasteiger partial charge in [-0.25, -0.2) is 9.50 Å². The van der Waals surface area contributed by atoms with Crippen LogP contribution in [0.1, 0.15) is 5.69 Å². The third kappa shape index (κ3) is 2.19. The molecule has 0 radical (unpaired) electrons. The zero-order valence-corrected chi connectivity index (χ0v) is 12.1. The minimum absolute atomic E-state index is 0.753. The standard InChI is InChI=1S/C12H11BrN4S/c1-14-5-9-6-17-12(15-9)3-2-10(16-17)11-4-8(13)7-18-11/h2-4,6-7,14H,5H2,1H3. The Hall–Kier alpha value is -1.24. The van der Waals surface area contributed by atoms with Crippen LogP contribution in [0.5, 0.6) is 0 Å². The molecule has 0 aliphatic rings. The van der Waals surface area contributed by atoms with Crippen LogP contribution in [0.4, 0.5) is 0 Å². The molecule has 1 N–H and O–H groups in total. The average Bonchev–Trinajstić information content (AvgIpc) is 2.94. The molecule has 0 saturated carbocycles. The molecule has 3 rings (SSSR count). The van der Waals surface area contributed by atoms with Gasteiger partial charge in [-0.15, -0.1) is 11.3 Å². The van der Waals surface area contributed by atoms with Gasteiger partial charge in [0.15, 0.2) is 5.65 Å². The smallest absolute Gasteiger partial charge is 0.153 e. The molecule has 3 aromatic heterocycles. The molecular formula is C12H11BrN4S. The molecule has 0 aromatic carbocycles. The molecule has 0 atom stereocenters. The molecule has 18 heavy (non-hydrogen) atoms. The highest BCUT2D eigenvalue weighted by molar-refractivity contribution is 9.10. The van der Waals surface area contributed by atoms with Crippen LogP contribution >= 0.6 is 27.3 Å². The first-order valence-corrected chi connectivity index (χ1v) is 7.18. The quantitative estimate of drug-likeness (QED) is 0.806. The number of halogens is 1. The van der Waals surface area contributed by atoms with E-state index in [1.54, 1.807) is 11.3 Å². The fraction of sp³-hybridized carbons (Fsp3) is 0.167. The van der Waals surface area contributed by atoms with E-state index in [4.69, 9.17) is 0 Å². The Balaban J connectivity index is 2.05. The minimum atomic E-state index is 0.753. The predicted octanol–water partition coefficient (Wildman–Crippen LogP) is 2.94. The summed E-state index contributed by atoms with van der Waals surface area (Å²) in [6.07, 6.45) is 1.96. The van der Waals surface area contributed by atoms with E-state index >= 15 is 0 Å². The van der Waals surface area contributed by atoms with Crippen LogP contribution in [0.3, 0.4) is 0 Å². The Kier molecular flexibility index (Phi) is 3.15. The van der Waals surface area contributed by atoms with E-state index in [1.807, 2.05) is 29.9 Å². The second-order valence-electron chi connectivity index (χ2n) is 3.91. The summed E-state index contributed by atoms with van der Waals surface area (Å²) < 4.78 is 2.92. The van der Waals surface area contributed by atoms with E-state index in [9.17, 15) is 0 Å². The molecule has 0 bridgehead atoms. The highest BCUT2D eigenvalue weighted by Gasteiger charge is 2.06. The second kappa shape index (κ2) is 4.79. The zero-order valence-electron chi connectivity index (χ0n) is 9.72. The number of imidazole rings is 1. The number of hydrogen-bond acceptors (Lipinski definition) is 4. The van der Waals surface area contributed by atoms with Crippen molar-refractivity contribution in [2.75, 3.05) is 7.05 Å². The Morgan fingerprint density at radius 1 is 1.44 bits per heavy atom. The summed E-state index contributed by atoms with van der Waals surface area (Å²) in [5, 5.41) is 9.72. The lowest BCUT2D eigenvalue weighted by molar-refractivity contribution is 0.796. The SMILES string of the molecule is CNCc1cn2nc(-c3cc(Br)cs3)ccc2n1. The van der Waals surface area contributed by atoms with Gasteiger partial charge < -0.3 is 5.32 Å². The largest absolute Gasteiger partial charge is 0.314 e. The number of aromatic nitrogens is 3. The van der Waals surface area contributed by atoms with Crippen LogP contribution in [-0.4, -0.2) is 21.6 Å². The first-order valence-electron chi connectivity index (χ1n) is 5.50. The van der Waals surface area contributed by atoms with Gasteiger partial charge in [-0.05, 0) is 41.2 Å². The van der Waals surface area contributed by atoms with E-state index in [0.717, 1.165) is 32.9 Å². The Morgan fingerprint density at radius 2 is 2.33 bits per heavy atom. The lowest BCUT2D eigenvalue weighted by Gasteiger charge is -1.97. The van der Waals surface area contributed by atoms with Gasteiger partial charge in [0.05, 0.1) is 16.8 Å². The van der Waals surface area contributed by atoms with Crippen molar-refractivity contribution in [1.82, 2.24) is 19.9 Å². The highest BCUT2D eigenvalue weighted by atomic mass is 79.9. The number of rotatable bonds is 3. The van der Waals surface area contributed by atoms with Crippen LogP contribution in [0.2, 0.25) is 0 Å². The molecule has 3 aromatic rings. The summed E-state index contributed by atoms with van der Waals surface area (Å²) >= 11 is 5.13. The van der Waals surface area contributed by atoms with E-state index in [2.05, 4.69) is 42.8 Å². The number of thiophene rings is 1. The van der Waals surface area contributed by atoms with Crippen molar-refractivity contribution in [2.24, 2.45) is 0 Å². The summed E-state index contributed by atoms with van der Waals surface area (Å²) in [5.74, 6) is 0. The van der Waals surface area contributed by atoms with Crippen molar-refractivity contribution in [3.8, 4) is 10.6 Å². The Morgan fingerprint density at radius 3 is 3.06 bits per heavy atom. The molecule has 0 spiro atoms. The van der Waals surface area contributed by atoms with Crippen molar-refractivity contribution in [1.29, 1.82) is 0 Å². The molecule has 0 fully saturated rings. The zero-order chi connectivity index (χ0) is 12.5. The summed E-state index contributed by atoms with van der Waals surface area (Å²) in [6, 6.07) is 6.07. The number of fused-ring (bicyclic) bond motifs is 1. The van der Waals surface area contributed by atoms with Crippen LogP contribution in [0, 0.1) is 0 Å². The van der Waals surface area contributed by atoms with Crippen molar-refractivity contribution in [2.45, 2.75) is 6.54 Å². The molecule has 0 unspecified atom stereocenters. The Bertz CT molecular complexity index is 688. The molecule has 3 heterocycles. The molecule has 92 valence electrons. The summed E-state index contributed by atoms with van der Waals surface area (Å²) in [7, 11) is 1.91. The summed E-state index contributed by atoms with van der Waals surface area (Å²) in [5.41, 5.74) is 2.83. The fourth-order valence-corrected chi connectivity index (χ4v) is 3.17. The highest BCUT2D eigenvalue weighted by Crippen LogP contribution is 2.28. The maximum Gasteiger partial charge on any atom is 0.153 e. The van der Waals surface area contributed by atoms with Crippen LogP contribution in [0.25, 0.3) is 16.2 Å². The van der Waals surface area contributed by atoms with Gasteiger partial charge >= 0.3 is 0 Å². The molecule has 0 saturated heterocycles. The van der Waals surface area contributed by atoms with Gasteiger partial charge in [0.2, 0.25) is 0 Å². The third-order valence-electron chi connectivity index (χ3n) is 2.55. The maximum absolute atomic E-state index is 4.58. The Labute approximate surface area is 117 Å². The molecule has 6 heteroatoms. The van der Waals surface area contributed by atoms with Crippen LogP contribution in [0.15, 0.2) is 34.2 Å². The van der Waals surface area contributed by atoms with Gasteiger partial charge in [-0.3, -0.25) is 0 Å². The van der Waals surface area contributed by atoms with Crippen LogP contribution in [-0.2, 0) is 6.54 Å². The first-order chi connectivity index (χ1) is 8.76. The first kappa shape index (κ1) is 11.8. The van der Waals surface area contributed by atoms with Gasteiger partial charge in [0, 0.05) is 16.4 Å². The maximum atomic E-state index is 4.58. The van der Waals surface area contributed by atoms with E-state index in [0.29, 0.717) is 0 Å². The fourth-order valence-electron chi connectivity index (χ4n) is 1.78. The predicted molar refractivity (Wildman–Crippen MR) is 76.8 cm³/mol. The van der Waals surface area contributed by atoms with Crippen molar-refractivity contribution in [3.05, 3.63) is 39.9 Å². The normalized spacial score (nSPS) is 11.2. The third-order valence-corrected chi connectivity index (χ3v) is 4.26. The molecule has 0 aliphatic carbocycles. The topological polar surface area (TPSA) is 42.2 Å². The summed E-state index contributed by atoms with van der Waals surface area (Å²) in [6.45, 7) is 0.753. The van der Waals surface area contributed by atoms with E-state index in [1.165, 1.54) is 0 Å². The lowest BCUT2D eigenvalue weighted by Crippen LogP contribution is -2.04. The summed E-state index contributed by atoms with van der Waals surface area (Å²) in [4.78, 5) is 5.62. The lowest BCUT2D eigenvalue weighted by atomic mass is 10.3. The van der Waals surface area contributed by atoms with Gasteiger partial charge in [-0.2, -0.15) is 5.10 Å². The van der Waals surface area contributed by atoms with Crippen molar-refractivity contribution < 1.29 is 0 Å². The number of nitrogens with zero attached hydrogens (tertiary/aromatic N) is 3. The van der Waals surface area contributed by atoms with Gasteiger partial charge in [0.1, 0.15) is 5.69 Å².